The standard InChI is InChI=1S/C14H14N6OS/c1-9-3-2-4-12-15-10(7-13(21)19(9)12)8-22-14-16-17-18-20(14)11-5-6-11/h2-4,7,11H,5-6,8H2,1H3. The van der Waals surface area contributed by atoms with E-state index in [0.29, 0.717) is 17.4 Å². The molecule has 1 aliphatic carbocycles. The van der Waals surface area contributed by atoms with E-state index in [9.17, 15) is 4.79 Å². The van der Waals surface area contributed by atoms with Gasteiger partial charge in [-0.25, -0.2) is 9.67 Å². The SMILES string of the molecule is Cc1cccc2nc(CSc3nnnn3C3CC3)cc(=O)n12. The molecule has 0 atom stereocenters. The molecular weight excluding hydrogens is 300 g/mol. The Kier molecular flexibility index (Phi) is 3.18. The molecular formula is C14H14N6OS. The fourth-order valence-corrected chi connectivity index (χ4v) is 3.24. The Morgan fingerprint density at radius 1 is 1.36 bits per heavy atom. The maximum absolute atomic E-state index is 12.2. The second-order valence-corrected chi connectivity index (χ2v) is 6.31. The Morgan fingerprint density at radius 2 is 2.23 bits per heavy atom. The van der Waals surface area contributed by atoms with Crippen molar-refractivity contribution in [2.75, 3.05) is 0 Å². The highest BCUT2D eigenvalue weighted by atomic mass is 32.2. The molecule has 8 heteroatoms. The number of aromatic nitrogens is 6. The van der Waals surface area contributed by atoms with Crippen molar-refractivity contribution in [3.05, 3.63) is 46.0 Å². The molecule has 1 aliphatic rings. The first-order chi connectivity index (χ1) is 10.7. The molecule has 0 bridgehead atoms. The molecule has 4 rings (SSSR count). The largest absolute Gasteiger partial charge is 0.269 e. The predicted molar refractivity (Wildman–Crippen MR) is 81.8 cm³/mol. The smallest absolute Gasteiger partial charge is 0.258 e. The van der Waals surface area contributed by atoms with Crippen LogP contribution in [0.15, 0.2) is 34.2 Å². The summed E-state index contributed by atoms with van der Waals surface area (Å²) in [6.45, 7) is 1.90. The molecule has 0 radical (unpaired) electrons. The molecule has 1 saturated carbocycles. The third-order valence-electron chi connectivity index (χ3n) is 3.64. The Labute approximate surface area is 130 Å². The molecule has 0 aliphatic heterocycles. The van der Waals surface area contributed by atoms with Gasteiger partial charge in [0.15, 0.2) is 0 Å². The average Bonchev–Trinajstić information content (AvgIpc) is 3.23. The number of pyridine rings is 1. The summed E-state index contributed by atoms with van der Waals surface area (Å²) in [6, 6.07) is 7.67. The first kappa shape index (κ1) is 13.4. The lowest BCUT2D eigenvalue weighted by molar-refractivity contribution is 0.565. The highest BCUT2D eigenvalue weighted by Gasteiger charge is 2.27. The van der Waals surface area contributed by atoms with Crippen LogP contribution in [-0.2, 0) is 5.75 Å². The molecule has 112 valence electrons. The van der Waals surface area contributed by atoms with Gasteiger partial charge in [-0.15, -0.1) is 5.10 Å². The van der Waals surface area contributed by atoms with Crippen molar-refractivity contribution in [3.8, 4) is 0 Å². The summed E-state index contributed by atoms with van der Waals surface area (Å²) in [7, 11) is 0. The van der Waals surface area contributed by atoms with Crippen molar-refractivity contribution in [3.63, 3.8) is 0 Å². The molecule has 0 N–H and O–H groups in total. The lowest BCUT2D eigenvalue weighted by Gasteiger charge is -2.06. The van der Waals surface area contributed by atoms with Gasteiger partial charge in [0.05, 0.1) is 11.7 Å². The summed E-state index contributed by atoms with van der Waals surface area (Å²) in [5.41, 5.74) is 2.24. The molecule has 1 fully saturated rings. The lowest BCUT2D eigenvalue weighted by atomic mass is 10.3. The number of thioether (sulfide) groups is 1. The van der Waals surface area contributed by atoms with Crippen LogP contribution in [0.2, 0.25) is 0 Å². The Bertz CT molecular complexity index is 898. The van der Waals surface area contributed by atoms with Crippen LogP contribution in [0.3, 0.4) is 0 Å². The van der Waals surface area contributed by atoms with Gasteiger partial charge in [-0.2, -0.15) is 0 Å². The number of hydrogen-bond donors (Lipinski definition) is 0. The Hall–Kier alpha value is -2.22. The number of hydrogen-bond acceptors (Lipinski definition) is 6. The van der Waals surface area contributed by atoms with E-state index in [4.69, 9.17) is 0 Å². The van der Waals surface area contributed by atoms with Gasteiger partial charge in [0, 0.05) is 17.5 Å². The number of fused-ring (bicyclic) bond motifs is 1. The topological polar surface area (TPSA) is 78.0 Å². The van der Waals surface area contributed by atoms with Gasteiger partial charge >= 0.3 is 0 Å². The third kappa shape index (κ3) is 2.39. The molecule has 22 heavy (non-hydrogen) atoms. The molecule has 0 spiro atoms. The quantitative estimate of drug-likeness (QED) is 0.681. The minimum absolute atomic E-state index is 0.0551. The molecule has 3 heterocycles. The highest BCUT2D eigenvalue weighted by Crippen LogP contribution is 2.36. The molecule has 0 aromatic carbocycles. The van der Waals surface area contributed by atoms with Gasteiger partial charge in [0.2, 0.25) is 5.16 Å². The maximum atomic E-state index is 12.2. The van der Waals surface area contributed by atoms with Gasteiger partial charge in [-0.3, -0.25) is 9.20 Å². The molecule has 0 unspecified atom stereocenters. The van der Waals surface area contributed by atoms with Crippen molar-refractivity contribution in [1.29, 1.82) is 0 Å². The van der Waals surface area contributed by atoms with E-state index in [-0.39, 0.29) is 5.56 Å². The van der Waals surface area contributed by atoms with Crippen LogP contribution in [0.1, 0.15) is 30.3 Å². The van der Waals surface area contributed by atoms with E-state index >= 15 is 0 Å². The molecule has 0 saturated heterocycles. The van der Waals surface area contributed by atoms with Crippen LogP contribution in [0.25, 0.3) is 5.65 Å². The second-order valence-electron chi connectivity index (χ2n) is 5.37. The molecule has 3 aromatic heterocycles. The van der Waals surface area contributed by atoms with Crippen LogP contribution in [-0.4, -0.2) is 29.6 Å². The van der Waals surface area contributed by atoms with E-state index < -0.39 is 0 Å². The summed E-state index contributed by atoms with van der Waals surface area (Å²) < 4.78 is 3.48. The van der Waals surface area contributed by atoms with E-state index in [1.165, 1.54) is 11.8 Å². The van der Waals surface area contributed by atoms with Crippen LogP contribution in [0.4, 0.5) is 0 Å². The monoisotopic (exact) mass is 314 g/mol. The van der Waals surface area contributed by atoms with E-state index in [1.54, 1.807) is 10.5 Å². The average molecular weight is 314 g/mol. The van der Waals surface area contributed by atoms with Crippen LogP contribution in [0.5, 0.6) is 0 Å². The van der Waals surface area contributed by atoms with E-state index in [0.717, 1.165) is 29.4 Å². The lowest BCUT2D eigenvalue weighted by Crippen LogP contribution is -2.17. The van der Waals surface area contributed by atoms with Gasteiger partial charge in [-0.1, -0.05) is 17.8 Å². The predicted octanol–water partition coefficient (Wildman–Crippen LogP) is 1.62. The molecule has 7 nitrogen and oxygen atoms in total. The normalized spacial score (nSPS) is 14.6. The van der Waals surface area contributed by atoms with Gasteiger partial charge < -0.3 is 0 Å². The first-order valence-electron chi connectivity index (χ1n) is 7.11. The van der Waals surface area contributed by atoms with Crippen molar-refractivity contribution < 1.29 is 0 Å². The Balaban J connectivity index is 1.62. The number of rotatable bonds is 4. The van der Waals surface area contributed by atoms with Crippen molar-refractivity contribution >= 4 is 17.4 Å². The zero-order valence-corrected chi connectivity index (χ0v) is 12.8. The number of tetrazole rings is 1. The number of aryl methyl sites for hydroxylation is 1. The zero-order chi connectivity index (χ0) is 15.1. The Morgan fingerprint density at radius 3 is 3.05 bits per heavy atom. The summed E-state index contributed by atoms with van der Waals surface area (Å²) >= 11 is 1.51. The van der Waals surface area contributed by atoms with Gasteiger partial charge in [-0.05, 0) is 42.3 Å². The third-order valence-corrected chi connectivity index (χ3v) is 4.60. The zero-order valence-electron chi connectivity index (χ0n) is 12.0. The van der Waals surface area contributed by atoms with Crippen LogP contribution >= 0.6 is 11.8 Å². The minimum atomic E-state index is -0.0551. The second kappa shape index (κ2) is 5.20. The van der Waals surface area contributed by atoms with E-state index in [2.05, 4.69) is 20.5 Å². The summed E-state index contributed by atoms with van der Waals surface area (Å²) in [5, 5.41) is 12.6. The minimum Gasteiger partial charge on any atom is -0.269 e. The van der Waals surface area contributed by atoms with Crippen LogP contribution < -0.4 is 5.56 Å². The number of nitrogens with zero attached hydrogens (tertiary/aromatic N) is 6. The van der Waals surface area contributed by atoms with Crippen LogP contribution in [0, 0.1) is 6.92 Å². The van der Waals surface area contributed by atoms with Gasteiger partial charge in [0.25, 0.3) is 5.56 Å². The van der Waals surface area contributed by atoms with Crippen molar-refractivity contribution in [1.82, 2.24) is 29.6 Å². The first-order valence-corrected chi connectivity index (χ1v) is 8.10. The maximum Gasteiger partial charge on any atom is 0.258 e. The summed E-state index contributed by atoms with van der Waals surface area (Å²) in [5.74, 6) is 0.576. The molecule has 0 amide bonds. The van der Waals surface area contributed by atoms with Crippen molar-refractivity contribution in [2.24, 2.45) is 0 Å². The fraction of sp³-hybridized carbons (Fsp3) is 0.357. The fourth-order valence-electron chi connectivity index (χ4n) is 2.40. The van der Waals surface area contributed by atoms with E-state index in [1.807, 2.05) is 29.8 Å². The molecule has 3 aromatic rings. The highest BCUT2D eigenvalue weighted by molar-refractivity contribution is 7.98. The van der Waals surface area contributed by atoms with Gasteiger partial charge in [0.1, 0.15) is 5.65 Å². The summed E-state index contributed by atoms with van der Waals surface area (Å²) in [6.07, 6.45) is 2.26. The van der Waals surface area contributed by atoms with Crippen molar-refractivity contribution in [2.45, 2.75) is 36.7 Å². The summed E-state index contributed by atoms with van der Waals surface area (Å²) in [4.78, 5) is 16.8.